The molecule has 5 heteroatoms. The van der Waals surface area contributed by atoms with Crippen LogP contribution in [0.4, 0.5) is 0 Å². The SMILES string of the molecule is O=C(O)[C@H]1CC(O)(O)CCN1. The molecule has 11 heavy (non-hydrogen) atoms. The van der Waals surface area contributed by atoms with Crippen molar-refractivity contribution in [2.75, 3.05) is 6.54 Å². The molecule has 64 valence electrons. The van der Waals surface area contributed by atoms with Crippen LogP contribution in [0.1, 0.15) is 12.8 Å². The van der Waals surface area contributed by atoms with E-state index < -0.39 is 17.8 Å². The van der Waals surface area contributed by atoms with Crippen molar-refractivity contribution in [3.05, 3.63) is 0 Å². The van der Waals surface area contributed by atoms with Gasteiger partial charge in [0.05, 0.1) is 0 Å². The molecule has 4 N–H and O–H groups in total. The van der Waals surface area contributed by atoms with E-state index in [1.165, 1.54) is 0 Å². The van der Waals surface area contributed by atoms with E-state index in [1.54, 1.807) is 0 Å². The zero-order valence-corrected chi connectivity index (χ0v) is 5.95. The molecule has 0 aromatic carbocycles. The van der Waals surface area contributed by atoms with Gasteiger partial charge in [0.2, 0.25) is 0 Å². The third kappa shape index (κ3) is 2.14. The van der Waals surface area contributed by atoms with Crippen molar-refractivity contribution in [2.24, 2.45) is 0 Å². The summed E-state index contributed by atoms with van der Waals surface area (Å²) in [5.41, 5.74) is 0. The van der Waals surface area contributed by atoms with E-state index in [4.69, 9.17) is 15.3 Å². The van der Waals surface area contributed by atoms with Crippen LogP contribution in [0, 0.1) is 0 Å². The highest BCUT2D eigenvalue weighted by atomic mass is 16.5. The second-order valence-electron chi connectivity index (χ2n) is 2.78. The van der Waals surface area contributed by atoms with Crippen LogP contribution in [0.5, 0.6) is 0 Å². The van der Waals surface area contributed by atoms with Crippen LogP contribution in [0.2, 0.25) is 0 Å². The van der Waals surface area contributed by atoms with Gasteiger partial charge in [-0.3, -0.25) is 4.79 Å². The van der Waals surface area contributed by atoms with E-state index >= 15 is 0 Å². The summed E-state index contributed by atoms with van der Waals surface area (Å²) >= 11 is 0. The molecule has 0 bridgehead atoms. The first-order valence-corrected chi connectivity index (χ1v) is 3.42. The Kier molecular flexibility index (Phi) is 2.12. The molecule has 1 rings (SSSR count). The minimum atomic E-state index is -1.81. The summed E-state index contributed by atoms with van der Waals surface area (Å²) < 4.78 is 0. The van der Waals surface area contributed by atoms with E-state index in [0.717, 1.165) is 0 Å². The summed E-state index contributed by atoms with van der Waals surface area (Å²) in [6, 6.07) is -0.834. The van der Waals surface area contributed by atoms with E-state index in [0.29, 0.717) is 6.54 Å². The number of aliphatic carboxylic acids is 1. The van der Waals surface area contributed by atoms with Crippen molar-refractivity contribution < 1.29 is 20.1 Å². The monoisotopic (exact) mass is 161 g/mol. The van der Waals surface area contributed by atoms with E-state index in [9.17, 15) is 4.79 Å². The van der Waals surface area contributed by atoms with E-state index in [1.807, 2.05) is 0 Å². The Morgan fingerprint density at radius 3 is 2.55 bits per heavy atom. The summed E-state index contributed by atoms with van der Waals surface area (Å²) in [6.07, 6.45) is 0.0269. The fourth-order valence-electron chi connectivity index (χ4n) is 1.12. The smallest absolute Gasteiger partial charge is 0.320 e. The van der Waals surface area contributed by atoms with Gasteiger partial charge in [0.1, 0.15) is 6.04 Å². The van der Waals surface area contributed by atoms with E-state index in [2.05, 4.69) is 5.32 Å². The van der Waals surface area contributed by atoms with Gasteiger partial charge in [-0.25, -0.2) is 0 Å². The maximum atomic E-state index is 10.4. The quantitative estimate of drug-likeness (QED) is 0.351. The summed E-state index contributed by atoms with van der Waals surface area (Å²) in [4.78, 5) is 10.4. The zero-order chi connectivity index (χ0) is 8.48. The number of nitrogens with one attached hydrogen (secondary N) is 1. The average molecular weight is 161 g/mol. The first kappa shape index (κ1) is 8.45. The second-order valence-corrected chi connectivity index (χ2v) is 2.78. The number of hydrogen-bond donors (Lipinski definition) is 4. The third-order valence-corrected chi connectivity index (χ3v) is 1.75. The molecule has 0 saturated carbocycles. The van der Waals surface area contributed by atoms with Gasteiger partial charge in [-0.05, 0) is 0 Å². The summed E-state index contributed by atoms with van der Waals surface area (Å²) in [6.45, 7) is 0.323. The normalized spacial score (nSPS) is 29.8. The van der Waals surface area contributed by atoms with Crippen LogP contribution in [-0.4, -0.2) is 39.7 Å². The van der Waals surface area contributed by atoms with Crippen molar-refractivity contribution >= 4 is 5.97 Å². The predicted molar refractivity (Wildman–Crippen MR) is 35.8 cm³/mol. The van der Waals surface area contributed by atoms with Crippen LogP contribution in [0.15, 0.2) is 0 Å². The van der Waals surface area contributed by atoms with Crippen molar-refractivity contribution in [3.63, 3.8) is 0 Å². The van der Waals surface area contributed by atoms with E-state index in [-0.39, 0.29) is 12.8 Å². The zero-order valence-electron chi connectivity index (χ0n) is 5.95. The first-order valence-electron chi connectivity index (χ1n) is 3.42. The number of carboxylic acid groups (broad SMARTS) is 1. The summed E-state index contributed by atoms with van der Waals surface area (Å²) in [5, 5.41) is 29.2. The molecule has 0 aromatic heterocycles. The predicted octanol–water partition coefficient (Wildman–Crippen LogP) is -1.50. The topological polar surface area (TPSA) is 89.8 Å². The van der Waals surface area contributed by atoms with Crippen LogP contribution in [-0.2, 0) is 4.79 Å². The Labute approximate surface area is 63.7 Å². The van der Waals surface area contributed by atoms with Gasteiger partial charge in [0.15, 0.2) is 5.79 Å². The second kappa shape index (κ2) is 2.77. The van der Waals surface area contributed by atoms with Gasteiger partial charge in [-0.1, -0.05) is 0 Å². The highest BCUT2D eigenvalue weighted by Gasteiger charge is 2.34. The average Bonchev–Trinajstić information content (AvgIpc) is 1.85. The van der Waals surface area contributed by atoms with Gasteiger partial charge >= 0.3 is 5.97 Å². The number of aliphatic hydroxyl groups is 2. The maximum absolute atomic E-state index is 10.4. The Morgan fingerprint density at radius 2 is 2.18 bits per heavy atom. The Morgan fingerprint density at radius 1 is 1.55 bits per heavy atom. The molecule has 1 saturated heterocycles. The van der Waals surface area contributed by atoms with Gasteiger partial charge < -0.3 is 20.6 Å². The van der Waals surface area contributed by atoms with Crippen LogP contribution in [0.3, 0.4) is 0 Å². The van der Waals surface area contributed by atoms with Crippen LogP contribution >= 0.6 is 0 Å². The fourth-order valence-corrected chi connectivity index (χ4v) is 1.12. The van der Waals surface area contributed by atoms with Gasteiger partial charge in [-0.2, -0.15) is 0 Å². The van der Waals surface area contributed by atoms with Crippen molar-refractivity contribution in [2.45, 2.75) is 24.7 Å². The molecule has 1 fully saturated rings. The van der Waals surface area contributed by atoms with Gasteiger partial charge in [0, 0.05) is 19.4 Å². The van der Waals surface area contributed by atoms with Gasteiger partial charge in [-0.15, -0.1) is 0 Å². The fraction of sp³-hybridized carbons (Fsp3) is 0.833. The van der Waals surface area contributed by atoms with Crippen molar-refractivity contribution in [1.82, 2.24) is 5.32 Å². The van der Waals surface area contributed by atoms with Crippen LogP contribution < -0.4 is 5.32 Å². The molecule has 1 heterocycles. The lowest BCUT2D eigenvalue weighted by Gasteiger charge is -2.31. The molecule has 1 atom stereocenters. The lowest BCUT2D eigenvalue weighted by Crippen LogP contribution is -2.51. The van der Waals surface area contributed by atoms with Crippen molar-refractivity contribution in [1.29, 1.82) is 0 Å². The summed E-state index contributed by atoms with van der Waals surface area (Å²) in [7, 11) is 0. The highest BCUT2D eigenvalue weighted by Crippen LogP contribution is 2.17. The number of piperidine rings is 1. The Hall–Kier alpha value is -0.650. The standard InChI is InChI=1S/C6H11NO4/c8-5(9)4-3-6(10,11)1-2-7-4/h4,7,10-11H,1-3H2,(H,8,9)/t4-/m1/s1. The number of carbonyl (C=O) groups is 1. The highest BCUT2D eigenvalue weighted by molar-refractivity contribution is 5.73. The Balaban J connectivity index is 2.53. The minimum absolute atomic E-state index is 0.150. The molecule has 0 aliphatic carbocycles. The molecule has 1 aliphatic rings. The molecule has 0 spiro atoms. The number of hydrogen-bond acceptors (Lipinski definition) is 4. The number of rotatable bonds is 1. The molecule has 0 aromatic rings. The lowest BCUT2D eigenvalue weighted by molar-refractivity contribution is -0.189. The molecule has 0 unspecified atom stereocenters. The minimum Gasteiger partial charge on any atom is -0.480 e. The van der Waals surface area contributed by atoms with Gasteiger partial charge in [0.25, 0.3) is 0 Å². The van der Waals surface area contributed by atoms with Crippen molar-refractivity contribution in [3.8, 4) is 0 Å². The maximum Gasteiger partial charge on any atom is 0.320 e. The number of carboxylic acids is 1. The summed E-state index contributed by atoms with van der Waals surface area (Å²) in [5.74, 6) is -2.86. The molecule has 0 amide bonds. The molecule has 5 nitrogen and oxygen atoms in total. The third-order valence-electron chi connectivity index (χ3n) is 1.75. The first-order chi connectivity index (χ1) is 5.01. The molecular weight excluding hydrogens is 150 g/mol. The molecular formula is C6H11NO4. The lowest BCUT2D eigenvalue weighted by atomic mass is 9.99. The Bertz CT molecular complexity index is 168. The molecule has 1 aliphatic heterocycles. The largest absolute Gasteiger partial charge is 0.480 e. The van der Waals surface area contributed by atoms with Crippen LogP contribution in [0.25, 0.3) is 0 Å². The molecule has 0 radical (unpaired) electrons.